The van der Waals surface area contributed by atoms with Crippen molar-refractivity contribution in [3.8, 4) is 11.3 Å². The van der Waals surface area contributed by atoms with Gasteiger partial charge in [0.1, 0.15) is 5.00 Å². The molecule has 5 rings (SSSR count). The zero-order valence-corrected chi connectivity index (χ0v) is 20.9. The minimum Gasteiger partial charge on any atom is -0.365 e. The fourth-order valence-electron chi connectivity index (χ4n) is 5.19. The lowest BCUT2D eigenvalue weighted by molar-refractivity contribution is 0.1000. The number of hydrogen-bond acceptors (Lipinski definition) is 4. The standard InChI is InChI=1S/C29H29N3O2S/c1-3-8-18-13-14-21-25(15-18)35-29(26(21)27(30)33)32-28(34)22-16-24(19-10-5-4-9-17(19)2)31-23-12-7-6-11-20(22)23/h4-7,9-12,16,18H,3,8,13-15H2,1-2H3,(H2,30,33)(H,32,34). The number of thiophene rings is 1. The maximum Gasteiger partial charge on any atom is 0.257 e. The van der Waals surface area contributed by atoms with Crippen LogP contribution in [-0.2, 0) is 12.8 Å². The fourth-order valence-corrected chi connectivity index (χ4v) is 6.55. The largest absolute Gasteiger partial charge is 0.365 e. The molecule has 1 atom stereocenters. The number of rotatable bonds is 6. The summed E-state index contributed by atoms with van der Waals surface area (Å²) in [5, 5.41) is 4.38. The van der Waals surface area contributed by atoms with Gasteiger partial charge >= 0.3 is 0 Å². The Morgan fingerprint density at radius 1 is 1.14 bits per heavy atom. The molecule has 2 heterocycles. The van der Waals surface area contributed by atoms with E-state index in [0.29, 0.717) is 22.0 Å². The average Bonchev–Trinajstić information content (AvgIpc) is 3.21. The highest BCUT2D eigenvalue weighted by atomic mass is 32.1. The molecule has 1 aliphatic carbocycles. The maximum atomic E-state index is 13.7. The van der Waals surface area contributed by atoms with Crippen LogP contribution in [0.2, 0.25) is 0 Å². The summed E-state index contributed by atoms with van der Waals surface area (Å²) in [5.41, 5.74) is 11.4. The highest BCUT2D eigenvalue weighted by molar-refractivity contribution is 7.17. The number of carbonyl (C=O) groups is 2. The van der Waals surface area contributed by atoms with Crippen molar-refractivity contribution in [2.75, 3.05) is 5.32 Å². The Bertz CT molecular complexity index is 1440. The first-order valence-corrected chi connectivity index (χ1v) is 13.0. The van der Waals surface area contributed by atoms with E-state index in [2.05, 4.69) is 12.2 Å². The number of amides is 2. The van der Waals surface area contributed by atoms with E-state index in [1.807, 2.05) is 61.5 Å². The van der Waals surface area contributed by atoms with Crippen LogP contribution in [0.3, 0.4) is 0 Å². The van der Waals surface area contributed by atoms with Gasteiger partial charge in [0.25, 0.3) is 11.8 Å². The Labute approximate surface area is 209 Å². The third-order valence-corrected chi connectivity index (χ3v) is 8.09. The molecule has 0 radical (unpaired) electrons. The molecule has 35 heavy (non-hydrogen) atoms. The summed E-state index contributed by atoms with van der Waals surface area (Å²) < 4.78 is 0. The van der Waals surface area contributed by atoms with Crippen molar-refractivity contribution >= 4 is 39.1 Å². The number of nitrogens with zero attached hydrogens (tertiary/aromatic N) is 1. The molecule has 2 aromatic heterocycles. The molecule has 178 valence electrons. The van der Waals surface area contributed by atoms with Crippen LogP contribution in [0, 0.1) is 12.8 Å². The van der Waals surface area contributed by atoms with Crippen LogP contribution < -0.4 is 11.1 Å². The van der Waals surface area contributed by atoms with Gasteiger partial charge in [0.05, 0.1) is 22.3 Å². The van der Waals surface area contributed by atoms with E-state index in [1.54, 1.807) is 0 Å². The van der Waals surface area contributed by atoms with E-state index < -0.39 is 5.91 Å². The van der Waals surface area contributed by atoms with Gasteiger partial charge in [-0.2, -0.15) is 0 Å². The summed E-state index contributed by atoms with van der Waals surface area (Å²) in [5.74, 6) is -0.118. The Morgan fingerprint density at radius 2 is 1.91 bits per heavy atom. The molecule has 0 saturated heterocycles. The van der Waals surface area contributed by atoms with Crippen molar-refractivity contribution in [3.63, 3.8) is 0 Å². The number of fused-ring (bicyclic) bond motifs is 2. The molecule has 1 unspecified atom stereocenters. The molecule has 4 aromatic rings. The summed E-state index contributed by atoms with van der Waals surface area (Å²) in [6.07, 6.45) is 5.16. The third kappa shape index (κ3) is 4.46. The second-order valence-corrected chi connectivity index (χ2v) is 10.4. The van der Waals surface area contributed by atoms with E-state index in [-0.39, 0.29) is 5.91 Å². The van der Waals surface area contributed by atoms with Crippen LogP contribution in [-0.4, -0.2) is 16.8 Å². The van der Waals surface area contributed by atoms with E-state index >= 15 is 0 Å². The van der Waals surface area contributed by atoms with Crippen molar-refractivity contribution in [1.29, 1.82) is 0 Å². The monoisotopic (exact) mass is 483 g/mol. The smallest absolute Gasteiger partial charge is 0.257 e. The lowest BCUT2D eigenvalue weighted by Gasteiger charge is -2.21. The second kappa shape index (κ2) is 9.62. The Kier molecular flexibility index (Phi) is 6.39. The molecule has 2 aromatic carbocycles. The molecule has 3 N–H and O–H groups in total. The van der Waals surface area contributed by atoms with Gasteiger partial charge in [-0.1, -0.05) is 62.2 Å². The van der Waals surface area contributed by atoms with Crippen molar-refractivity contribution in [1.82, 2.24) is 4.98 Å². The SMILES string of the molecule is CCCC1CCc2c(sc(NC(=O)c3cc(-c4ccccc4C)nc4ccccc34)c2C(N)=O)C1. The molecule has 0 bridgehead atoms. The number of benzene rings is 2. The zero-order chi connectivity index (χ0) is 24.5. The lowest BCUT2D eigenvalue weighted by atomic mass is 9.84. The molecule has 0 saturated carbocycles. The van der Waals surface area contributed by atoms with Gasteiger partial charge < -0.3 is 11.1 Å². The van der Waals surface area contributed by atoms with Crippen LogP contribution in [0.5, 0.6) is 0 Å². The number of nitrogens with one attached hydrogen (secondary N) is 1. The van der Waals surface area contributed by atoms with Crippen molar-refractivity contribution in [2.45, 2.75) is 46.0 Å². The number of nitrogens with two attached hydrogens (primary N) is 1. The summed E-state index contributed by atoms with van der Waals surface area (Å²) in [6, 6.07) is 17.5. The van der Waals surface area contributed by atoms with Crippen LogP contribution in [0.25, 0.3) is 22.2 Å². The summed E-state index contributed by atoms with van der Waals surface area (Å²) in [7, 11) is 0. The van der Waals surface area contributed by atoms with Crippen molar-refractivity contribution in [3.05, 3.63) is 81.7 Å². The van der Waals surface area contributed by atoms with E-state index in [1.165, 1.54) is 22.6 Å². The highest BCUT2D eigenvalue weighted by Gasteiger charge is 2.29. The molecule has 1 aliphatic rings. The number of aromatic nitrogens is 1. The number of anilines is 1. The number of hydrogen-bond donors (Lipinski definition) is 2. The average molecular weight is 484 g/mol. The summed E-state index contributed by atoms with van der Waals surface area (Å²) in [4.78, 5) is 32.1. The molecule has 2 amide bonds. The molecular weight excluding hydrogens is 454 g/mol. The molecule has 0 fully saturated rings. The second-order valence-electron chi connectivity index (χ2n) is 9.31. The number of carbonyl (C=O) groups excluding carboxylic acids is 2. The molecule has 0 aliphatic heterocycles. The quantitative estimate of drug-likeness (QED) is 0.327. The Morgan fingerprint density at radius 3 is 2.69 bits per heavy atom. The zero-order valence-electron chi connectivity index (χ0n) is 20.1. The van der Waals surface area contributed by atoms with E-state index in [9.17, 15) is 9.59 Å². The van der Waals surface area contributed by atoms with Gasteiger partial charge in [-0.15, -0.1) is 11.3 Å². The predicted molar refractivity (Wildman–Crippen MR) is 143 cm³/mol. The van der Waals surface area contributed by atoms with Crippen LogP contribution in [0.4, 0.5) is 5.00 Å². The topological polar surface area (TPSA) is 85.1 Å². The maximum absolute atomic E-state index is 13.7. The third-order valence-electron chi connectivity index (χ3n) is 6.92. The lowest BCUT2D eigenvalue weighted by Crippen LogP contribution is -2.20. The van der Waals surface area contributed by atoms with Crippen molar-refractivity contribution < 1.29 is 9.59 Å². The number of para-hydroxylation sites is 1. The van der Waals surface area contributed by atoms with Gasteiger partial charge in [-0.05, 0) is 55.4 Å². The molecule has 6 heteroatoms. The van der Waals surface area contributed by atoms with Crippen LogP contribution in [0.1, 0.15) is 62.9 Å². The van der Waals surface area contributed by atoms with E-state index in [4.69, 9.17) is 10.7 Å². The highest BCUT2D eigenvalue weighted by Crippen LogP contribution is 2.41. The van der Waals surface area contributed by atoms with E-state index in [0.717, 1.165) is 59.0 Å². The first-order chi connectivity index (χ1) is 17.0. The fraction of sp³-hybridized carbons (Fsp3) is 0.276. The van der Waals surface area contributed by atoms with Gasteiger partial charge in [0.15, 0.2) is 0 Å². The molecule has 5 nitrogen and oxygen atoms in total. The summed E-state index contributed by atoms with van der Waals surface area (Å²) >= 11 is 1.50. The first kappa shape index (κ1) is 23.2. The van der Waals surface area contributed by atoms with Crippen molar-refractivity contribution in [2.24, 2.45) is 11.7 Å². The van der Waals surface area contributed by atoms with Gasteiger partial charge in [0.2, 0.25) is 0 Å². The number of aryl methyl sites for hydroxylation is 1. The molecular formula is C29H29N3O2S. The normalized spacial score (nSPS) is 15.1. The first-order valence-electron chi connectivity index (χ1n) is 12.2. The minimum atomic E-state index is -0.480. The minimum absolute atomic E-state index is 0.260. The van der Waals surface area contributed by atoms with Crippen LogP contribution >= 0.6 is 11.3 Å². The Hall–Kier alpha value is -3.51. The predicted octanol–water partition coefficient (Wildman–Crippen LogP) is 6.53. The Balaban J connectivity index is 1.56. The van der Waals surface area contributed by atoms with Gasteiger partial charge in [-0.3, -0.25) is 9.59 Å². The molecule has 0 spiro atoms. The summed E-state index contributed by atoms with van der Waals surface area (Å²) in [6.45, 7) is 4.24. The van der Waals surface area contributed by atoms with Crippen LogP contribution in [0.15, 0.2) is 54.6 Å². The van der Waals surface area contributed by atoms with Gasteiger partial charge in [0, 0.05) is 15.8 Å². The van der Waals surface area contributed by atoms with Gasteiger partial charge in [-0.25, -0.2) is 4.98 Å². The number of pyridine rings is 1. The number of primary amides is 1.